The van der Waals surface area contributed by atoms with E-state index >= 15 is 0 Å². The molecule has 4 aromatic rings. The van der Waals surface area contributed by atoms with Crippen LogP contribution in [0.25, 0.3) is 22.5 Å². The Labute approximate surface area is 215 Å². The first-order chi connectivity index (χ1) is 15.1. The second kappa shape index (κ2) is 10.9. The number of aryl methyl sites for hydroxylation is 1. The van der Waals surface area contributed by atoms with E-state index in [0.29, 0.717) is 24.6 Å². The molecule has 2 heterocycles. The number of carbonyl (C=O) groups is 1. The Morgan fingerprint density at radius 1 is 1.12 bits per heavy atom. The first-order valence-corrected chi connectivity index (χ1v) is 10.4. The van der Waals surface area contributed by atoms with Gasteiger partial charge >= 0.3 is 5.97 Å². The molecule has 0 bridgehead atoms. The number of hydrogen-bond acceptors (Lipinski definition) is 5. The van der Waals surface area contributed by atoms with Crippen LogP contribution >= 0.6 is 11.6 Å². The first-order valence-electron chi connectivity index (χ1n) is 9.98. The topological polar surface area (TPSA) is 110 Å². The van der Waals surface area contributed by atoms with Crippen molar-refractivity contribution in [1.29, 1.82) is 0 Å². The van der Waals surface area contributed by atoms with Gasteiger partial charge in [0.15, 0.2) is 10.8 Å². The molecule has 2 aromatic carbocycles. The molecular weight excluding hydrogens is 505 g/mol. The minimum absolute atomic E-state index is 0. The fourth-order valence-corrected chi connectivity index (χ4v) is 3.83. The van der Waals surface area contributed by atoms with E-state index in [-0.39, 0.29) is 43.6 Å². The number of carboxylic acids is 1. The molecule has 0 amide bonds. The minimum atomic E-state index is -1.08. The van der Waals surface area contributed by atoms with Crippen LogP contribution in [0.5, 0.6) is 0 Å². The Bertz CT molecular complexity index is 1190. The van der Waals surface area contributed by atoms with Crippen molar-refractivity contribution in [3.63, 3.8) is 0 Å². The molecule has 10 heteroatoms. The maximum atomic E-state index is 11.7. The monoisotopic (exact) mass is 525 g/mol. The molecule has 4 rings (SSSR count). The number of benzene rings is 2. The number of halogens is 1. The summed E-state index contributed by atoms with van der Waals surface area (Å²) in [5.41, 5.74) is 3.84. The predicted molar refractivity (Wildman–Crippen MR) is 117 cm³/mol. The normalized spacial score (nSPS) is 10.7. The van der Waals surface area contributed by atoms with Crippen molar-refractivity contribution >= 4 is 17.6 Å². The fraction of sp³-hybridized carbons (Fsp3) is 0.227. The number of tetrazole rings is 1. The summed E-state index contributed by atoms with van der Waals surface area (Å²) in [5, 5.41) is 23.9. The van der Waals surface area contributed by atoms with Crippen LogP contribution in [0, 0.1) is 0 Å². The standard InChI is InChI=1S/C22H21ClN6O2.Y/c1-2-3-8-18-24-20(23)19(22(30)31)29(18)13-14-9-11-15(12-10-14)16-6-4-5-7-17(16)21-25-27-28-26-21;/h4-7,9-12H,2-3,8,13H2,1H3,(H,30,31)(H,25,26,27,28);. The van der Waals surface area contributed by atoms with Crippen LogP contribution in [0.1, 0.15) is 41.6 Å². The molecule has 1 radical (unpaired) electrons. The summed E-state index contributed by atoms with van der Waals surface area (Å²) >= 11 is 6.13. The van der Waals surface area contributed by atoms with E-state index in [1.165, 1.54) is 0 Å². The van der Waals surface area contributed by atoms with Crippen molar-refractivity contribution in [2.45, 2.75) is 32.7 Å². The maximum Gasteiger partial charge on any atom is 0.355 e. The summed E-state index contributed by atoms with van der Waals surface area (Å²) in [7, 11) is 0. The summed E-state index contributed by atoms with van der Waals surface area (Å²) in [5.74, 6) is 0.140. The van der Waals surface area contributed by atoms with Crippen LogP contribution in [-0.2, 0) is 45.7 Å². The fourth-order valence-electron chi connectivity index (χ4n) is 3.54. The molecule has 0 unspecified atom stereocenters. The molecule has 0 atom stereocenters. The summed E-state index contributed by atoms with van der Waals surface area (Å²) in [4.78, 5) is 16.0. The third-order valence-corrected chi connectivity index (χ3v) is 5.34. The van der Waals surface area contributed by atoms with Crippen LogP contribution in [-0.4, -0.2) is 41.3 Å². The van der Waals surface area contributed by atoms with Crippen molar-refractivity contribution in [3.05, 3.63) is 70.8 Å². The van der Waals surface area contributed by atoms with Crippen molar-refractivity contribution in [2.24, 2.45) is 0 Å². The molecule has 0 aliphatic carbocycles. The van der Waals surface area contributed by atoms with Gasteiger partial charge in [-0.2, -0.15) is 5.21 Å². The van der Waals surface area contributed by atoms with Gasteiger partial charge < -0.3 is 9.67 Å². The number of carboxylic acid groups (broad SMARTS) is 1. The summed E-state index contributed by atoms with van der Waals surface area (Å²) in [6.45, 7) is 2.46. The third kappa shape index (κ3) is 5.14. The molecule has 161 valence electrons. The van der Waals surface area contributed by atoms with Crippen LogP contribution in [0.15, 0.2) is 48.5 Å². The molecule has 0 spiro atoms. The number of aromatic carboxylic acids is 1. The maximum absolute atomic E-state index is 11.7. The number of nitrogens with zero attached hydrogens (tertiary/aromatic N) is 5. The number of H-pyrrole nitrogens is 1. The molecule has 0 saturated carbocycles. The zero-order valence-corrected chi connectivity index (χ0v) is 21.1. The third-order valence-electron chi connectivity index (χ3n) is 5.08. The summed E-state index contributed by atoms with van der Waals surface area (Å²) in [6.07, 6.45) is 2.58. The van der Waals surface area contributed by atoms with Crippen LogP contribution < -0.4 is 0 Å². The number of unbranched alkanes of at least 4 members (excludes halogenated alkanes) is 1. The Morgan fingerprint density at radius 2 is 1.84 bits per heavy atom. The molecule has 0 fully saturated rings. The number of hydrogen-bond donors (Lipinski definition) is 2. The van der Waals surface area contributed by atoms with Crippen molar-refractivity contribution < 1.29 is 42.6 Å². The van der Waals surface area contributed by atoms with E-state index in [4.69, 9.17) is 11.6 Å². The summed E-state index contributed by atoms with van der Waals surface area (Å²) < 4.78 is 1.70. The second-order valence-electron chi connectivity index (χ2n) is 7.14. The number of aromatic nitrogens is 6. The van der Waals surface area contributed by atoms with E-state index in [1.54, 1.807) is 4.57 Å². The molecule has 0 aliphatic rings. The zero-order valence-electron chi connectivity index (χ0n) is 17.5. The molecule has 32 heavy (non-hydrogen) atoms. The van der Waals surface area contributed by atoms with Gasteiger partial charge in [0.1, 0.15) is 5.82 Å². The van der Waals surface area contributed by atoms with Gasteiger partial charge in [0.2, 0.25) is 5.82 Å². The van der Waals surface area contributed by atoms with Gasteiger partial charge in [0.05, 0.1) is 0 Å². The van der Waals surface area contributed by atoms with Gasteiger partial charge in [0, 0.05) is 51.2 Å². The van der Waals surface area contributed by atoms with E-state index in [1.807, 2.05) is 48.5 Å². The zero-order chi connectivity index (χ0) is 21.8. The van der Waals surface area contributed by atoms with Crippen molar-refractivity contribution in [2.75, 3.05) is 0 Å². The first kappa shape index (κ1) is 24.2. The SMILES string of the molecule is CCCCc1nc(Cl)c(C(=O)O)n1Cc1ccc(-c2ccccc2-c2nn[nH]n2)cc1.[Y]. The predicted octanol–water partition coefficient (Wildman–Crippen LogP) is 4.47. The van der Waals surface area contributed by atoms with Crippen molar-refractivity contribution in [3.8, 4) is 22.5 Å². The number of imidazole rings is 1. The molecule has 0 saturated heterocycles. The average Bonchev–Trinajstić information content (AvgIpc) is 3.41. The van der Waals surface area contributed by atoms with Gasteiger partial charge in [-0.05, 0) is 28.3 Å². The van der Waals surface area contributed by atoms with Gasteiger partial charge in [-0.3, -0.25) is 0 Å². The smallest absolute Gasteiger partial charge is 0.355 e. The van der Waals surface area contributed by atoms with Crippen LogP contribution in [0.4, 0.5) is 0 Å². The van der Waals surface area contributed by atoms with Gasteiger partial charge in [0.25, 0.3) is 0 Å². The minimum Gasteiger partial charge on any atom is -0.476 e. The molecule has 8 nitrogen and oxygen atoms in total. The number of nitrogens with one attached hydrogen (secondary N) is 1. The molecule has 2 N–H and O–H groups in total. The van der Waals surface area contributed by atoms with Gasteiger partial charge in [-0.1, -0.05) is 73.5 Å². The Kier molecular flexibility index (Phi) is 8.29. The second-order valence-corrected chi connectivity index (χ2v) is 7.50. The van der Waals surface area contributed by atoms with E-state index in [2.05, 4.69) is 32.5 Å². The number of rotatable bonds is 8. The molecule has 0 aliphatic heterocycles. The Hall–Kier alpha value is -2.42. The van der Waals surface area contributed by atoms with Gasteiger partial charge in [-0.15, -0.1) is 10.2 Å². The largest absolute Gasteiger partial charge is 0.476 e. The van der Waals surface area contributed by atoms with Crippen molar-refractivity contribution in [1.82, 2.24) is 30.2 Å². The summed E-state index contributed by atoms with van der Waals surface area (Å²) in [6, 6.07) is 15.8. The van der Waals surface area contributed by atoms with E-state index in [0.717, 1.165) is 35.1 Å². The van der Waals surface area contributed by atoms with Crippen LogP contribution in [0.2, 0.25) is 5.15 Å². The van der Waals surface area contributed by atoms with Gasteiger partial charge in [-0.25, -0.2) is 9.78 Å². The Balaban J connectivity index is 0.00000289. The quantitative estimate of drug-likeness (QED) is 0.351. The Morgan fingerprint density at radius 3 is 2.47 bits per heavy atom. The number of aromatic amines is 1. The van der Waals surface area contributed by atoms with E-state index in [9.17, 15) is 9.90 Å². The van der Waals surface area contributed by atoms with E-state index < -0.39 is 5.97 Å². The average molecular weight is 526 g/mol. The molecule has 2 aromatic heterocycles. The molecular formula is C22H21ClN6O2Y. The van der Waals surface area contributed by atoms with Crippen LogP contribution in [0.3, 0.4) is 0 Å².